The summed E-state index contributed by atoms with van der Waals surface area (Å²) in [5, 5.41) is 9.25. The van der Waals surface area contributed by atoms with E-state index in [-0.39, 0.29) is 5.91 Å². The minimum absolute atomic E-state index is 0.0684. The minimum Gasteiger partial charge on any atom is -0.348 e. The highest BCUT2D eigenvalue weighted by Gasteiger charge is 2.26. The number of hydrogen-bond donors (Lipinski definition) is 2. The molecule has 0 aliphatic heterocycles. The van der Waals surface area contributed by atoms with Gasteiger partial charge in [0.25, 0.3) is 0 Å². The molecule has 1 aromatic heterocycles. The normalized spacial score (nSPS) is 18.9. The van der Waals surface area contributed by atoms with Gasteiger partial charge in [-0.2, -0.15) is 0 Å². The van der Waals surface area contributed by atoms with Crippen molar-refractivity contribution in [3.63, 3.8) is 0 Å². The summed E-state index contributed by atoms with van der Waals surface area (Å²) >= 11 is 1.65. The van der Waals surface area contributed by atoms with E-state index < -0.39 is 0 Å². The topological polar surface area (TPSA) is 54.0 Å². The van der Waals surface area contributed by atoms with Crippen LogP contribution in [0.25, 0.3) is 0 Å². The van der Waals surface area contributed by atoms with E-state index in [9.17, 15) is 4.79 Å². The zero-order valence-corrected chi connectivity index (χ0v) is 11.3. The number of thiazole rings is 1. The number of amides is 1. The molecular weight excluding hydrogens is 246 g/mol. The third-order valence-corrected chi connectivity index (χ3v) is 4.28. The second kappa shape index (κ2) is 5.36. The standard InChI is InChI=1S/C13H19N3OS/c17-12(6-14-5-9-1-2-9)15-7-13-16-11(8-18-13)10-3-4-10/h8-10,14H,1-7H2,(H,15,17). The molecule has 0 radical (unpaired) electrons. The lowest BCUT2D eigenvalue weighted by Crippen LogP contribution is -2.34. The van der Waals surface area contributed by atoms with Gasteiger partial charge in [-0.1, -0.05) is 0 Å². The second-order valence-corrected chi connectivity index (χ2v) is 6.23. The lowest BCUT2D eigenvalue weighted by Gasteiger charge is -2.04. The Balaban J connectivity index is 1.35. The zero-order valence-electron chi connectivity index (χ0n) is 10.4. The maximum atomic E-state index is 11.6. The largest absolute Gasteiger partial charge is 0.348 e. The van der Waals surface area contributed by atoms with Crippen LogP contribution in [-0.2, 0) is 11.3 Å². The second-order valence-electron chi connectivity index (χ2n) is 5.29. The summed E-state index contributed by atoms with van der Waals surface area (Å²) < 4.78 is 0. The molecule has 0 aromatic carbocycles. The van der Waals surface area contributed by atoms with Crippen LogP contribution in [-0.4, -0.2) is 24.0 Å². The van der Waals surface area contributed by atoms with Crippen molar-refractivity contribution in [1.82, 2.24) is 15.6 Å². The van der Waals surface area contributed by atoms with Crippen molar-refractivity contribution in [3.05, 3.63) is 16.1 Å². The number of hydrogen-bond acceptors (Lipinski definition) is 4. The SMILES string of the molecule is O=C(CNCC1CC1)NCc1nc(C2CC2)cs1. The number of nitrogens with one attached hydrogen (secondary N) is 2. The quantitative estimate of drug-likeness (QED) is 0.788. The Morgan fingerprint density at radius 3 is 2.94 bits per heavy atom. The Morgan fingerprint density at radius 1 is 1.39 bits per heavy atom. The fourth-order valence-electron chi connectivity index (χ4n) is 1.92. The molecule has 0 unspecified atom stereocenters. The van der Waals surface area contributed by atoms with E-state index in [1.807, 2.05) is 0 Å². The lowest BCUT2D eigenvalue weighted by molar-refractivity contribution is -0.120. The van der Waals surface area contributed by atoms with Gasteiger partial charge in [0.1, 0.15) is 5.01 Å². The van der Waals surface area contributed by atoms with Crippen LogP contribution in [0, 0.1) is 5.92 Å². The Kier molecular flexibility index (Phi) is 3.61. The Hall–Kier alpha value is -0.940. The van der Waals surface area contributed by atoms with Crippen LogP contribution in [0.15, 0.2) is 5.38 Å². The Bertz CT molecular complexity index is 424. The van der Waals surface area contributed by atoms with Gasteiger partial charge in [0.2, 0.25) is 5.91 Å². The van der Waals surface area contributed by atoms with Gasteiger partial charge in [0, 0.05) is 11.3 Å². The zero-order chi connectivity index (χ0) is 12.4. The summed E-state index contributed by atoms with van der Waals surface area (Å²) in [7, 11) is 0. The molecule has 98 valence electrons. The maximum Gasteiger partial charge on any atom is 0.234 e. The third-order valence-electron chi connectivity index (χ3n) is 3.42. The smallest absolute Gasteiger partial charge is 0.234 e. The summed E-state index contributed by atoms with van der Waals surface area (Å²) in [4.78, 5) is 16.1. The van der Waals surface area contributed by atoms with Crippen molar-refractivity contribution < 1.29 is 4.79 Å². The van der Waals surface area contributed by atoms with E-state index >= 15 is 0 Å². The van der Waals surface area contributed by atoms with Gasteiger partial charge in [-0.05, 0) is 38.1 Å². The average molecular weight is 265 g/mol. The van der Waals surface area contributed by atoms with Gasteiger partial charge in [-0.15, -0.1) is 11.3 Å². The van der Waals surface area contributed by atoms with E-state index in [4.69, 9.17) is 0 Å². The summed E-state index contributed by atoms with van der Waals surface area (Å²) in [6.07, 6.45) is 5.19. The third kappa shape index (κ3) is 3.53. The van der Waals surface area contributed by atoms with Crippen LogP contribution in [0.5, 0.6) is 0 Å². The minimum atomic E-state index is 0.0684. The molecule has 2 fully saturated rings. The van der Waals surface area contributed by atoms with Crippen LogP contribution < -0.4 is 10.6 Å². The molecule has 4 nitrogen and oxygen atoms in total. The molecule has 1 heterocycles. The van der Waals surface area contributed by atoms with Gasteiger partial charge in [0.05, 0.1) is 18.8 Å². The van der Waals surface area contributed by atoms with Crippen LogP contribution >= 0.6 is 11.3 Å². The van der Waals surface area contributed by atoms with Crippen molar-refractivity contribution in [2.75, 3.05) is 13.1 Å². The van der Waals surface area contributed by atoms with Crippen LogP contribution in [0.1, 0.15) is 42.3 Å². The molecule has 0 spiro atoms. The molecule has 2 saturated carbocycles. The predicted molar refractivity (Wildman–Crippen MR) is 71.5 cm³/mol. The highest BCUT2D eigenvalue weighted by molar-refractivity contribution is 7.09. The predicted octanol–water partition coefficient (Wildman–Crippen LogP) is 1.64. The monoisotopic (exact) mass is 265 g/mol. The molecule has 0 saturated heterocycles. The van der Waals surface area contributed by atoms with E-state index in [0.29, 0.717) is 19.0 Å². The van der Waals surface area contributed by atoms with Gasteiger partial charge in [0.15, 0.2) is 0 Å². The number of nitrogens with zero attached hydrogens (tertiary/aromatic N) is 1. The van der Waals surface area contributed by atoms with Gasteiger partial charge < -0.3 is 10.6 Å². The fourth-order valence-corrected chi connectivity index (χ4v) is 2.74. The average Bonchev–Trinajstić information content (AvgIpc) is 3.28. The first-order chi connectivity index (χ1) is 8.81. The van der Waals surface area contributed by atoms with Crippen molar-refractivity contribution in [1.29, 1.82) is 0 Å². The van der Waals surface area contributed by atoms with Crippen LogP contribution in [0.3, 0.4) is 0 Å². The Morgan fingerprint density at radius 2 is 2.22 bits per heavy atom. The van der Waals surface area contributed by atoms with Crippen LogP contribution in [0.2, 0.25) is 0 Å². The molecule has 2 aliphatic carbocycles. The molecule has 1 aromatic rings. The highest BCUT2D eigenvalue weighted by Crippen LogP contribution is 2.40. The number of aromatic nitrogens is 1. The molecule has 0 bridgehead atoms. The van der Waals surface area contributed by atoms with Crippen molar-refractivity contribution >= 4 is 17.2 Å². The fraction of sp³-hybridized carbons (Fsp3) is 0.692. The van der Waals surface area contributed by atoms with Gasteiger partial charge in [-0.25, -0.2) is 4.98 Å². The first-order valence-corrected chi connectivity index (χ1v) is 7.61. The Labute approximate surface area is 111 Å². The van der Waals surface area contributed by atoms with E-state index in [2.05, 4.69) is 21.0 Å². The highest BCUT2D eigenvalue weighted by atomic mass is 32.1. The van der Waals surface area contributed by atoms with E-state index in [0.717, 1.165) is 17.5 Å². The molecule has 0 atom stereocenters. The van der Waals surface area contributed by atoms with E-state index in [1.165, 1.54) is 31.4 Å². The molecule has 2 N–H and O–H groups in total. The number of rotatable bonds is 7. The molecule has 5 heteroatoms. The molecule has 1 amide bonds. The summed E-state index contributed by atoms with van der Waals surface area (Å²) in [5.41, 5.74) is 1.22. The summed E-state index contributed by atoms with van der Waals surface area (Å²) in [5.74, 6) is 1.59. The molecule has 18 heavy (non-hydrogen) atoms. The van der Waals surface area contributed by atoms with E-state index in [1.54, 1.807) is 11.3 Å². The summed E-state index contributed by atoms with van der Waals surface area (Å²) in [6.45, 7) is 1.98. The first-order valence-electron chi connectivity index (χ1n) is 6.73. The van der Waals surface area contributed by atoms with Crippen LogP contribution in [0.4, 0.5) is 0 Å². The first kappa shape index (κ1) is 12.1. The number of carbonyl (C=O) groups is 1. The van der Waals surface area contributed by atoms with Gasteiger partial charge in [-0.3, -0.25) is 4.79 Å². The lowest BCUT2D eigenvalue weighted by atomic mass is 10.3. The van der Waals surface area contributed by atoms with Crippen molar-refractivity contribution in [2.24, 2.45) is 5.92 Å². The number of carbonyl (C=O) groups excluding carboxylic acids is 1. The van der Waals surface area contributed by atoms with Gasteiger partial charge >= 0.3 is 0 Å². The molecule has 3 rings (SSSR count). The molecular formula is C13H19N3OS. The molecule has 2 aliphatic rings. The maximum absolute atomic E-state index is 11.6. The van der Waals surface area contributed by atoms with Crippen molar-refractivity contribution in [2.45, 2.75) is 38.1 Å². The van der Waals surface area contributed by atoms with Crippen molar-refractivity contribution in [3.8, 4) is 0 Å². The summed E-state index contributed by atoms with van der Waals surface area (Å²) in [6, 6.07) is 0.